The van der Waals surface area contributed by atoms with E-state index in [1.54, 1.807) is 0 Å². The van der Waals surface area contributed by atoms with E-state index in [9.17, 15) is 48.3 Å². The zero-order chi connectivity index (χ0) is 16.1. The normalized spacial score (nSPS) is 14.7. The maximum atomic E-state index is 12.5. The van der Waals surface area contributed by atoms with Crippen LogP contribution in [0.25, 0.3) is 0 Å². The summed E-state index contributed by atoms with van der Waals surface area (Å²) in [4.78, 5) is 9.67. The minimum Gasteiger partial charge on any atom is -1.00 e. The molecule has 5 nitrogen and oxygen atoms in total. The van der Waals surface area contributed by atoms with Crippen LogP contribution in [0.1, 0.15) is 1.43 Å². The summed E-state index contributed by atoms with van der Waals surface area (Å²) in [6.07, 6.45) is 0. The van der Waals surface area contributed by atoms with E-state index in [2.05, 4.69) is 0 Å². The van der Waals surface area contributed by atoms with Crippen molar-refractivity contribution in [2.75, 3.05) is 0 Å². The molecular weight excluding hydrogens is 331 g/mol. The second kappa shape index (κ2) is 5.32. The van der Waals surface area contributed by atoms with Gasteiger partial charge in [0, 0.05) is 0 Å². The van der Waals surface area contributed by atoms with Crippen LogP contribution in [0, 0.1) is 0 Å². The predicted molar refractivity (Wildman–Crippen MR) is 40.1 cm³/mol. The molecule has 0 aliphatic heterocycles. The maximum absolute atomic E-state index is 12.5. The average molecular weight is 334 g/mol. The summed E-state index contributed by atoms with van der Waals surface area (Å²) in [7, 11) is -7.22. The molecule has 0 bridgehead atoms. The second-order valence-corrected chi connectivity index (χ2v) is 4.48. The first-order valence-corrected chi connectivity index (χ1v) is 5.10. The molecule has 0 aromatic carbocycles. The van der Waals surface area contributed by atoms with Crippen molar-refractivity contribution in [1.29, 1.82) is 0 Å². The molecule has 0 atom stereocenters. The number of halogens is 8. The predicted octanol–water partition coefficient (Wildman–Crippen LogP) is -1.43. The third kappa shape index (κ3) is 2.74. The van der Waals surface area contributed by atoms with E-state index in [-0.39, 0.29) is 20.3 Å². The summed E-state index contributed by atoms with van der Waals surface area (Å²) in [6, 6.07) is 0. The molecule has 0 radical (unpaired) electrons. The van der Waals surface area contributed by atoms with Crippen molar-refractivity contribution in [3.63, 3.8) is 0 Å². The van der Waals surface area contributed by atoms with Crippen LogP contribution in [0.2, 0.25) is 0 Å². The van der Waals surface area contributed by atoms with Gasteiger partial charge in [0.15, 0.2) is 0 Å². The van der Waals surface area contributed by atoms with Crippen LogP contribution >= 0.6 is 0 Å². The molecule has 116 valence electrons. The SMILES string of the molecule is O=C(O)C(F)(F)C(F)(F)C(F)(F)C(F)(F)S(=O)(=O)O.[H-].[Li+]. The summed E-state index contributed by atoms with van der Waals surface area (Å²) in [5.74, 6) is -25.3. The summed E-state index contributed by atoms with van der Waals surface area (Å²) in [5.41, 5.74) is 0. The number of aliphatic carboxylic acids is 1. The van der Waals surface area contributed by atoms with E-state index in [1.807, 2.05) is 0 Å². The molecule has 0 aliphatic rings. The minimum absolute atomic E-state index is 0. The number of carboxylic acid groups (broad SMARTS) is 1. The standard InChI is InChI=1S/C5H2F8O5S.Li.H/c6-2(7,1(14)15)3(8,9)4(10,11)5(12,13)19(16,17)18;;/h(H,14,15)(H,16,17,18);;/q;+1;-1. The van der Waals surface area contributed by atoms with Crippen molar-refractivity contribution in [3.05, 3.63) is 0 Å². The monoisotopic (exact) mass is 334 g/mol. The Morgan fingerprint density at radius 3 is 1.40 bits per heavy atom. The van der Waals surface area contributed by atoms with Crippen molar-refractivity contribution in [2.24, 2.45) is 0 Å². The van der Waals surface area contributed by atoms with Crippen LogP contribution in [-0.2, 0) is 14.9 Å². The van der Waals surface area contributed by atoms with E-state index >= 15 is 0 Å². The molecule has 0 amide bonds. The molecule has 0 fully saturated rings. The van der Waals surface area contributed by atoms with E-state index in [1.165, 1.54) is 0 Å². The zero-order valence-electron chi connectivity index (χ0n) is 10.1. The van der Waals surface area contributed by atoms with Gasteiger partial charge in [0.2, 0.25) is 0 Å². The first-order chi connectivity index (χ1) is 7.94. The van der Waals surface area contributed by atoms with Crippen LogP contribution in [0.3, 0.4) is 0 Å². The molecule has 0 spiro atoms. The molecule has 20 heavy (non-hydrogen) atoms. The Kier molecular flexibility index (Phi) is 5.77. The summed E-state index contributed by atoms with van der Waals surface area (Å²) in [5, 5.41) is 0.549. The van der Waals surface area contributed by atoms with E-state index in [4.69, 9.17) is 9.66 Å². The zero-order valence-corrected chi connectivity index (χ0v) is 9.87. The molecule has 0 saturated heterocycles. The fourth-order valence-electron chi connectivity index (χ4n) is 0.676. The van der Waals surface area contributed by atoms with Crippen molar-refractivity contribution >= 4 is 16.1 Å². The van der Waals surface area contributed by atoms with Crippen LogP contribution < -0.4 is 18.9 Å². The van der Waals surface area contributed by atoms with Crippen molar-refractivity contribution < 1.29 is 78.3 Å². The Morgan fingerprint density at radius 2 is 1.20 bits per heavy atom. The van der Waals surface area contributed by atoms with Crippen molar-refractivity contribution in [2.45, 2.75) is 23.0 Å². The number of alkyl halides is 8. The summed E-state index contributed by atoms with van der Waals surface area (Å²) in [6.45, 7) is 0. The Labute approximate surface area is 118 Å². The summed E-state index contributed by atoms with van der Waals surface area (Å²) >= 11 is 0. The Hall–Kier alpha value is -0.583. The maximum Gasteiger partial charge on any atom is 1.00 e. The van der Waals surface area contributed by atoms with Crippen LogP contribution in [-0.4, -0.2) is 47.1 Å². The van der Waals surface area contributed by atoms with Crippen molar-refractivity contribution in [3.8, 4) is 0 Å². The number of carboxylic acids is 1. The molecule has 0 heterocycles. The molecule has 0 unspecified atom stereocenters. The molecular formula is C5H3F8LiO5S. The third-order valence-electron chi connectivity index (χ3n) is 1.75. The number of hydrogen-bond acceptors (Lipinski definition) is 3. The average Bonchev–Trinajstić information content (AvgIpc) is 2.14. The van der Waals surface area contributed by atoms with Gasteiger partial charge in [-0.3, -0.25) is 4.55 Å². The Morgan fingerprint density at radius 1 is 0.900 bits per heavy atom. The fourth-order valence-corrected chi connectivity index (χ4v) is 1.13. The van der Waals surface area contributed by atoms with Crippen LogP contribution in [0.4, 0.5) is 35.1 Å². The van der Waals surface area contributed by atoms with E-state index in [0.29, 0.717) is 0 Å². The number of rotatable bonds is 5. The smallest absolute Gasteiger partial charge is 1.00 e. The second-order valence-electron chi connectivity index (χ2n) is 3.02. The van der Waals surface area contributed by atoms with Gasteiger partial charge in [-0.1, -0.05) is 0 Å². The molecule has 2 N–H and O–H groups in total. The van der Waals surface area contributed by atoms with Gasteiger partial charge in [-0.05, 0) is 0 Å². The Bertz CT molecular complexity index is 493. The Balaban J connectivity index is -0.00000162. The van der Waals surface area contributed by atoms with Gasteiger partial charge in [-0.2, -0.15) is 43.5 Å². The van der Waals surface area contributed by atoms with Crippen LogP contribution in [0.15, 0.2) is 0 Å². The van der Waals surface area contributed by atoms with Gasteiger partial charge in [0.25, 0.3) is 0 Å². The van der Waals surface area contributed by atoms with Gasteiger partial charge in [-0.25, -0.2) is 4.79 Å². The van der Waals surface area contributed by atoms with E-state index < -0.39 is 39.1 Å². The molecule has 0 aliphatic carbocycles. The largest absolute Gasteiger partial charge is 1.00 e. The summed E-state index contributed by atoms with van der Waals surface area (Å²) < 4.78 is 127. The van der Waals surface area contributed by atoms with Gasteiger partial charge in [-0.15, -0.1) is 0 Å². The first-order valence-electron chi connectivity index (χ1n) is 3.66. The van der Waals surface area contributed by atoms with Gasteiger partial charge >= 0.3 is 58.0 Å². The number of carbonyl (C=O) groups is 1. The van der Waals surface area contributed by atoms with Gasteiger partial charge in [0.1, 0.15) is 0 Å². The van der Waals surface area contributed by atoms with E-state index in [0.717, 1.165) is 0 Å². The molecule has 15 heteroatoms. The van der Waals surface area contributed by atoms with Gasteiger partial charge in [0.05, 0.1) is 0 Å². The minimum atomic E-state index is -7.39. The molecule has 0 aromatic heterocycles. The molecule has 0 saturated carbocycles. The third-order valence-corrected chi connectivity index (χ3v) is 2.65. The van der Waals surface area contributed by atoms with Crippen LogP contribution in [0.5, 0.6) is 0 Å². The van der Waals surface area contributed by atoms with Gasteiger partial charge < -0.3 is 6.53 Å². The fraction of sp³-hybridized carbons (Fsp3) is 0.800. The molecule has 0 aromatic rings. The molecule has 0 rings (SSSR count). The first kappa shape index (κ1) is 21.7. The quantitative estimate of drug-likeness (QED) is 0.366. The number of hydrogen-bond donors (Lipinski definition) is 2. The van der Waals surface area contributed by atoms with Crippen molar-refractivity contribution in [1.82, 2.24) is 0 Å². The topological polar surface area (TPSA) is 91.7 Å².